The molecule has 4 nitrogen and oxygen atoms in total. The highest BCUT2D eigenvalue weighted by atomic mass is 79.9. The Morgan fingerprint density at radius 3 is 2.61 bits per heavy atom. The van der Waals surface area contributed by atoms with Crippen molar-refractivity contribution in [2.75, 3.05) is 0 Å². The van der Waals surface area contributed by atoms with Crippen LogP contribution in [0.4, 0.5) is 0 Å². The second-order valence-electron chi connectivity index (χ2n) is 3.81. The summed E-state index contributed by atoms with van der Waals surface area (Å²) in [5.74, 6) is -0.203. The molecule has 0 unspecified atom stereocenters. The van der Waals surface area contributed by atoms with Gasteiger partial charge in [-0.2, -0.15) is 0 Å². The zero-order valence-electron chi connectivity index (χ0n) is 9.52. The lowest BCUT2D eigenvalue weighted by molar-refractivity contribution is -0.136. The number of nitrogens with zero attached hydrogens (tertiary/aromatic N) is 2. The summed E-state index contributed by atoms with van der Waals surface area (Å²) in [6, 6.07) is 7.25. The summed E-state index contributed by atoms with van der Waals surface area (Å²) in [6.07, 6.45) is -0.109. The molecular formula is C12H10BrClN2O2. The molecule has 2 rings (SSSR count). The van der Waals surface area contributed by atoms with E-state index in [1.165, 1.54) is 0 Å². The van der Waals surface area contributed by atoms with Crippen LogP contribution in [0, 0.1) is 0 Å². The fourth-order valence-corrected chi connectivity index (χ4v) is 2.17. The molecule has 2 aromatic rings. The number of rotatable bonds is 3. The summed E-state index contributed by atoms with van der Waals surface area (Å²) in [7, 11) is 1.83. The van der Waals surface area contributed by atoms with Gasteiger partial charge in [-0.05, 0) is 40.2 Å². The van der Waals surface area contributed by atoms with E-state index in [9.17, 15) is 4.79 Å². The number of imidazole rings is 1. The molecule has 0 bridgehead atoms. The first-order chi connectivity index (χ1) is 8.49. The Morgan fingerprint density at radius 1 is 1.44 bits per heavy atom. The van der Waals surface area contributed by atoms with E-state index in [4.69, 9.17) is 16.7 Å². The van der Waals surface area contributed by atoms with Crippen molar-refractivity contribution in [2.24, 2.45) is 7.05 Å². The maximum Gasteiger partial charge on any atom is 0.309 e. The minimum absolute atomic E-state index is 0.109. The molecule has 0 aliphatic heterocycles. The fraction of sp³-hybridized carbons (Fsp3) is 0.167. The highest BCUT2D eigenvalue weighted by Gasteiger charge is 2.16. The molecule has 0 amide bonds. The summed E-state index contributed by atoms with van der Waals surface area (Å²) in [4.78, 5) is 15.1. The molecule has 0 aliphatic carbocycles. The summed E-state index contributed by atoms with van der Waals surface area (Å²) in [5, 5.41) is 9.46. The Kier molecular flexibility index (Phi) is 3.73. The average Bonchev–Trinajstić information content (AvgIpc) is 2.58. The number of carboxylic acid groups (broad SMARTS) is 1. The monoisotopic (exact) mass is 328 g/mol. The number of aromatic nitrogens is 2. The Balaban J connectivity index is 2.45. The lowest BCUT2D eigenvalue weighted by Crippen LogP contribution is -2.01. The maximum absolute atomic E-state index is 10.7. The standard InChI is InChI=1S/C12H10BrClN2O2/c1-16-11(13)9(6-10(17)18)15-12(16)7-2-4-8(14)5-3-7/h2-5H,6H2,1H3,(H,17,18). The van der Waals surface area contributed by atoms with Gasteiger partial charge in [-0.3, -0.25) is 4.79 Å². The summed E-state index contributed by atoms with van der Waals surface area (Å²) in [5.41, 5.74) is 1.40. The van der Waals surface area contributed by atoms with Crippen LogP contribution in [0.3, 0.4) is 0 Å². The van der Waals surface area contributed by atoms with Crippen LogP contribution in [0.15, 0.2) is 28.9 Å². The van der Waals surface area contributed by atoms with E-state index < -0.39 is 5.97 Å². The molecule has 1 aromatic heterocycles. The smallest absolute Gasteiger partial charge is 0.309 e. The molecule has 0 aliphatic rings. The van der Waals surface area contributed by atoms with Crippen molar-refractivity contribution in [1.82, 2.24) is 9.55 Å². The van der Waals surface area contributed by atoms with Gasteiger partial charge in [0.15, 0.2) is 0 Å². The first-order valence-corrected chi connectivity index (χ1v) is 6.35. The van der Waals surface area contributed by atoms with Gasteiger partial charge in [-0.25, -0.2) is 4.98 Å². The molecular weight excluding hydrogens is 320 g/mol. The quantitative estimate of drug-likeness (QED) is 0.941. The average molecular weight is 330 g/mol. The van der Waals surface area contributed by atoms with Crippen LogP contribution in [-0.2, 0) is 18.3 Å². The fourth-order valence-electron chi connectivity index (χ4n) is 1.65. The van der Waals surface area contributed by atoms with Crippen molar-refractivity contribution in [3.63, 3.8) is 0 Å². The van der Waals surface area contributed by atoms with Gasteiger partial charge < -0.3 is 9.67 Å². The van der Waals surface area contributed by atoms with E-state index in [1.807, 2.05) is 23.7 Å². The maximum atomic E-state index is 10.7. The van der Waals surface area contributed by atoms with Crippen LogP contribution in [0.25, 0.3) is 11.4 Å². The van der Waals surface area contributed by atoms with Gasteiger partial charge in [-0.1, -0.05) is 11.6 Å². The van der Waals surface area contributed by atoms with Crippen LogP contribution < -0.4 is 0 Å². The molecule has 1 heterocycles. The van der Waals surface area contributed by atoms with E-state index in [1.54, 1.807) is 12.1 Å². The Labute approximate surface area is 117 Å². The molecule has 0 saturated heterocycles. The molecule has 6 heteroatoms. The van der Waals surface area contributed by atoms with E-state index in [0.29, 0.717) is 21.1 Å². The zero-order chi connectivity index (χ0) is 13.3. The van der Waals surface area contributed by atoms with Crippen molar-refractivity contribution >= 4 is 33.5 Å². The second kappa shape index (κ2) is 5.12. The van der Waals surface area contributed by atoms with Crippen LogP contribution >= 0.6 is 27.5 Å². The lowest BCUT2D eigenvalue weighted by Gasteiger charge is -2.02. The Hall–Kier alpha value is -1.33. The van der Waals surface area contributed by atoms with Crippen molar-refractivity contribution < 1.29 is 9.90 Å². The SMILES string of the molecule is Cn1c(-c2ccc(Cl)cc2)nc(CC(=O)O)c1Br. The molecule has 0 saturated carbocycles. The number of aliphatic carboxylic acids is 1. The molecule has 0 atom stereocenters. The van der Waals surface area contributed by atoms with Crippen molar-refractivity contribution in [3.05, 3.63) is 39.6 Å². The largest absolute Gasteiger partial charge is 0.481 e. The predicted molar refractivity (Wildman–Crippen MR) is 72.7 cm³/mol. The van der Waals surface area contributed by atoms with Crippen LogP contribution in [-0.4, -0.2) is 20.6 Å². The van der Waals surface area contributed by atoms with E-state index >= 15 is 0 Å². The van der Waals surface area contributed by atoms with Gasteiger partial charge in [0.05, 0.1) is 12.1 Å². The number of halogens is 2. The first kappa shape index (κ1) is 13.1. The minimum atomic E-state index is -0.906. The van der Waals surface area contributed by atoms with Crippen molar-refractivity contribution in [1.29, 1.82) is 0 Å². The first-order valence-electron chi connectivity index (χ1n) is 5.18. The lowest BCUT2D eigenvalue weighted by atomic mass is 10.2. The molecule has 1 aromatic carbocycles. The van der Waals surface area contributed by atoms with Gasteiger partial charge >= 0.3 is 5.97 Å². The topological polar surface area (TPSA) is 55.1 Å². The Bertz CT molecular complexity index is 593. The van der Waals surface area contributed by atoms with E-state index in [-0.39, 0.29) is 6.42 Å². The number of hydrogen-bond acceptors (Lipinski definition) is 2. The van der Waals surface area contributed by atoms with Gasteiger partial charge in [0.2, 0.25) is 0 Å². The molecule has 18 heavy (non-hydrogen) atoms. The number of benzene rings is 1. The molecule has 0 spiro atoms. The zero-order valence-corrected chi connectivity index (χ0v) is 11.9. The number of carboxylic acids is 1. The summed E-state index contributed by atoms with van der Waals surface area (Å²) in [6.45, 7) is 0. The molecule has 0 radical (unpaired) electrons. The van der Waals surface area contributed by atoms with Crippen molar-refractivity contribution in [3.8, 4) is 11.4 Å². The molecule has 94 valence electrons. The van der Waals surface area contributed by atoms with E-state index in [0.717, 1.165) is 5.56 Å². The third-order valence-corrected chi connectivity index (χ3v) is 3.75. The molecule has 1 N–H and O–H groups in total. The van der Waals surface area contributed by atoms with Crippen molar-refractivity contribution in [2.45, 2.75) is 6.42 Å². The van der Waals surface area contributed by atoms with Gasteiger partial charge in [-0.15, -0.1) is 0 Å². The number of carbonyl (C=O) groups is 1. The summed E-state index contributed by atoms with van der Waals surface area (Å²) >= 11 is 9.18. The third-order valence-electron chi connectivity index (χ3n) is 2.51. The third kappa shape index (κ3) is 2.57. The molecule has 0 fully saturated rings. The van der Waals surface area contributed by atoms with Gasteiger partial charge in [0.25, 0.3) is 0 Å². The van der Waals surface area contributed by atoms with Gasteiger partial charge in [0, 0.05) is 17.6 Å². The van der Waals surface area contributed by atoms with Crippen LogP contribution in [0.2, 0.25) is 5.02 Å². The van der Waals surface area contributed by atoms with Gasteiger partial charge in [0.1, 0.15) is 10.4 Å². The number of hydrogen-bond donors (Lipinski definition) is 1. The minimum Gasteiger partial charge on any atom is -0.481 e. The Morgan fingerprint density at radius 2 is 2.06 bits per heavy atom. The summed E-state index contributed by atoms with van der Waals surface area (Å²) < 4.78 is 2.48. The van der Waals surface area contributed by atoms with E-state index in [2.05, 4.69) is 20.9 Å². The highest BCUT2D eigenvalue weighted by Crippen LogP contribution is 2.26. The second-order valence-corrected chi connectivity index (χ2v) is 5.00. The van der Waals surface area contributed by atoms with Crippen LogP contribution in [0.1, 0.15) is 5.69 Å². The highest BCUT2D eigenvalue weighted by molar-refractivity contribution is 9.10. The van der Waals surface area contributed by atoms with Crippen LogP contribution in [0.5, 0.6) is 0 Å². The predicted octanol–water partition coefficient (Wildman–Crippen LogP) is 3.13. The normalized spacial score (nSPS) is 10.6.